The summed E-state index contributed by atoms with van der Waals surface area (Å²) in [7, 11) is 0. The lowest BCUT2D eigenvalue weighted by atomic mass is 10.1. The number of nitrogens with one attached hydrogen (secondary N) is 1. The molecule has 2 aromatic rings. The van der Waals surface area contributed by atoms with Gasteiger partial charge in [0.2, 0.25) is 5.91 Å². The predicted octanol–water partition coefficient (Wildman–Crippen LogP) is 3.68. The number of benzene rings is 1. The zero-order chi connectivity index (χ0) is 19.5. The highest BCUT2D eigenvalue weighted by molar-refractivity contribution is 5.91. The van der Waals surface area contributed by atoms with E-state index in [2.05, 4.69) is 22.1 Å². The molecule has 3 unspecified atom stereocenters. The van der Waals surface area contributed by atoms with Gasteiger partial charge in [-0.25, -0.2) is 4.39 Å². The first-order valence-corrected chi connectivity index (χ1v) is 9.97. The van der Waals surface area contributed by atoms with Gasteiger partial charge in [-0.05, 0) is 66.5 Å². The molecule has 1 amide bonds. The Bertz CT molecular complexity index is 842. The zero-order valence-corrected chi connectivity index (χ0v) is 16.1. The molecular formula is C23H26FN3O. The van der Waals surface area contributed by atoms with Gasteiger partial charge in [0.15, 0.2) is 0 Å². The molecule has 2 aliphatic rings. The fourth-order valence-corrected chi connectivity index (χ4v) is 4.47. The van der Waals surface area contributed by atoms with Gasteiger partial charge in [-0.15, -0.1) is 0 Å². The van der Waals surface area contributed by atoms with Gasteiger partial charge in [0.1, 0.15) is 5.82 Å². The first-order valence-electron chi connectivity index (χ1n) is 9.97. The Kier molecular flexibility index (Phi) is 5.53. The Balaban J connectivity index is 1.18. The number of carbonyl (C=O) groups excluding carboxylic acids is 1. The third-order valence-electron chi connectivity index (χ3n) is 6.17. The summed E-state index contributed by atoms with van der Waals surface area (Å²) in [5.74, 6) is 1.92. The Labute approximate surface area is 165 Å². The molecular weight excluding hydrogens is 353 g/mol. The fraction of sp³-hybridized carbons (Fsp3) is 0.391. The van der Waals surface area contributed by atoms with Gasteiger partial charge in [0, 0.05) is 44.1 Å². The highest BCUT2D eigenvalue weighted by Gasteiger charge is 2.55. The lowest BCUT2D eigenvalue weighted by Gasteiger charge is -2.27. The normalized spacial score (nSPS) is 24.9. The van der Waals surface area contributed by atoms with Crippen LogP contribution >= 0.6 is 0 Å². The first kappa shape index (κ1) is 18.8. The summed E-state index contributed by atoms with van der Waals surface area (Å²) in [5, 5.41) is 2.98. The van der Waals surface area contributed by atoms with Crippen molar-refractivity contribution in [3.63, 3.8) is 0 Å². The molecule has 2 heterocycles. The number of hydrogen-bond donors (Lipinski definition) is 1. The van der Waals surface area contributed by atoms with Crippen molar-refractivity contribution in [2.45, 2.75) is 19.4 Å². The monoisotopic (exact) mass is 379 g/mol. The van der Waals surface area contributed by atoms with Crippen LogP contribution in [0.1, 0.15) is 30.5 Å². The standard InChI is InChI=1S/C23H26FN3O/c1-16(18-5-2-6-19(24)12-18)27-14-21-20(22(21)15-27)9-11-26-23(28)8-7-17-4-3-10-25-13-17/h2-8,10,12-13,16,20-22H,9,11,14-15H2,1H3,(H,26,28)/b8-7+. The minimum Gasteiger partial charge on any atom is -0.353 e. The predicted molar refractivity (Wildman–Crippen MR) is 108 cm³/mol. The number of halogens is 1. The van der Waals surface area contributed by atoms with Gasteiger partial charge >= 0.3 is 0 Å². The topological polar surface area (TPSA) is 45.2 Å². The van der Waals surface area contributed by atoms with Crippen LogP contribution in [-0.4, -0.2) is 35.4 Å². The summed E-state index contributed by atoms with van der Waals surface area (Å²) in [6.07, 6.45) is 7.81. The Hall–Kier alpha value is -2.53. The second kappa shape index (κ2) is 8.23. The highest BCUT2D eigenvalue weighted by Crippen LogP contribution is 2.54. The SMILES string of the molecule is CC(c1cccc(F)c1)N1CC2C(CCNC(=O)/C=C/c3cccnc3)C2C1. The summed E-state index contributed by atoms with van der Waals surface area (Å²) < 4.78 is 13.5. The Morgan fingerprint density at radius 2 is 2.14 bits per heavy atom. The maximum absolute atomic E-state index is 13.5. The van der Waals surface area contributed by atoms with Crippen LogP contribution in [0.2, 0.25) is 0 Å². The summed E-state index contributed by atoms with van der Waals surface area (Å²) in [6, 6.07) is 10.9. The number of amides is 1. The molecule has 3 atom stereocenters. The molecule has 1 N–H and O–H groups in total. The molecule has 0 radical (unpaired) electrons. The van der Waals surface area contributed by atoms with Crippen LogP contribution < -0.4 is 5.32 Å². The summed E-state index contributed by atoms with van der Waals surface area (Å²) >= 11 is 0. The van der Waals surface area contributed by atoms with Crippen LogP contribution in [0.4, 0.5) is 4.39 Å². The van der Waals surface area contributed by atoms with Gasteiger partial charge in [-0.2, -0.15) is 0 Å². The molecule has 5 heteroatoms. The second-order valence-electron chi connectivity index (χ2n) is 7.88. The van der Waals surface area contributed by atoms with Gasteiger partial charge < -0.3 is 5.32 Å². The fourth-order valence-electron chi connectivity index (χ4n) is 4.47. The first-order chi connectivity index (χ1) is 13.6. The van der Waals surface area contributed by atoms with Crippen LogP contribution in [0.15, 0.2) is 54.9 Å². The highest BCUT2D eigenvalue weighted by atomic mass is 19.1. The largest absolute Gasteiger partial charge is 0.353 e. The molecule has 1 saturated heterocycles. The third kappa shape index (κ3) is 4.30. The minimum atomic E-state index is -0.167. The van der Waals surface area contributed by atoms with Crippen molar-refractivity contribution in [2.24, 2.45) is 17.8 Å². The number of aromatic nitrogens is 1. The van der Waals surface area contributed by atoms with E-state index in [4.69, 9.17) is 0 Å². The third-order valence-corrected chi connectivity index (χ3v) is 6.17. The van der Waals surface area contributed by atoms with E-state index in [0.717, 1.165) is 42.5 Å². The van der Waals surface area contributed by atoms with E-state index in [1.807, 2.05) is 18.2 Å². The number of carbonyl (C=O) groups is 1. The van der Waals surface area contributed by atoms with Crippen molar-refractivity contribution in [1.82, 2.24) is 15.2 Å². The van der Waals surface area contributed by atoms with Gasteiger partial charge in [-0.1, -0.05) is 18.2 Å². The van der Waals surface area contributed by atoms with Crippen molar-refractivity contribution in [3.05, 3.63) is 71.8 Å². The van der Waals surface area contributed by atoms with E-state index in [1.165, 1.54) is 6.07 Å². The van der Waals surface area contributed by atoms with Crippen molar-refractivity contribution >= 4 is 12.0 Å². The molecule has 1 saturated carbocycles. The molecule has 0 spiro atoms. The van der Waals surface area contributed by atoms with Gasteiger partial charge in [0.05, 0.1) is 0 Å². The van der Waals surface area contributed by atoms with Gasteiger partial charge in [-0.3, -0.25) is 14.7 Å². The second-order valence-corrected chi connectivity index (χ2v) is 7.88. The lowest BCUT2D eigenvalue weighted by molar-refractivity contribution is -0.116. The van der Waals surface area contributed by atoms with Crippen LogP contribution in [0.3, 0.4) is 0 Å². The molecule has 4 rings (SSSR count). The number of piperidine rings is 1. The van der Waals surface area contributed by atoms with Crippen molar-refractivity contribution in [2.75, 3.05) is 19.6 Å². The number of rotatable bonds is 7. The Morgan fingerprint density at radius 3 is 2.86 bits per heavy atom. The van der Waals surface area contributed by atoms with E-state index in [1.54, 1.807) is 36.7 Å². The maximum Gasteiger partial charge on any atom is 0.244 e. The average Bonchev–Trinajstić information content (AvgIpc) is 3.15. The van der Waals surface area contributed by atoms with E-state index in [-0.39, 0.29) is 17.8 Å². The summed E-state index contributed by atoms with van der Waals surface area (Å²) in [4.78, 5) is 18.4. The molecule has 0 bridgehead atoms. The van der Waals surface area contributed by atoms with Gasteiger partial charge in [0.25, 0.3) is 0 Å². The molecule has 2 fully saturated rings. The van der Waals surface area contributed by atoms with E-state index >= 15 is 0 Å². The Morgan fingerprint density at radius 1 is 1.32 bits per heavy atom. The quantitative estimate of drug-likeness (QED) is 0.747. The van der Waals surface area contributed by atoms with Crippen molar-refractivity contribution in [1.29, 1.82) is 0 Å². The minimum absolute atomic E-state index is 0.0592. The molecule has 4 nitrogen and oxygen atoms in total. The van der Waals surface area contributed by atoms with Crippen LogP contribution in [0.5, 0.6) is 0 Å². The maximum atomic E-state index is 13.5. The molecule has 1 aromatic heterocycles. The zero-order valence-electron chi connectivity index (χ0n) is 16.1. The summed E-state index contributed by atoms with van der Waals surface area (Å²) in [6.45, 7) is 5.01. The van der Waals surface area contributed by atoms with E-state index < -0.39 is 0 Å². The average molecular weight is 379 g/mol. The molecule has 1 aliphatic carbocycles. The number of likely N-dealkylation sites (tertiary alicyclic amines) is 1. The van der Waals surface area contributed by atoms with E-state index in [9.17, 15) is 9.18 Å². The smallest absolute Gasteiger partial charge is 0.244 e. The van der Waals surface area contributed by atoms with Crippen LogP contribution in [0.25, 0.3) is 6.08 Å². The molecule has 146 valence electrons. The molecule has 1 aromatic carbocycles. The summed E-state index contributed by atoms with van der Waals surface area (Å²) in [5.41, 5.74) is 1.97. The number of nitrogens with zero attached hydrogens (tertiary/aromatic N) is 2. The number of fused-ring (bicyclic) bond motifs is 1. The van der Waals surface area contributed by atoms with Crippen molar-refractivity contribution in [3.8, 4) is 0 Å². The number of pyridine rings is 1. The molecule has 28 heavy (non-hydrogen) atoms. The lowest BCUT2D eigenvalue weighted by Crippen LogP contribution is -2.29. The van der Waals surface area contributed by atoms with Crippen LogP contribution in [0, 0.1) is 23.6 Å². The molecule has 1 aliphatic heterocycles. The van der Waals surface area contributed by atoms with Crippen LogP contribution in [-0.2, 0) is 4.79 Å². The number of hydrogen-bond acceptors (Lipinski definition) is 3. The van der Waals surface area contributed by atoms with E-state index in [0.29, 0.717) is 12.5 Å². The van der Waals surface area contributed by atoms with Crippen molar-refractivity contribution < 1.29 is 9.18 Å².